The van der Waals surface area contributed by atoms with Crippen LogP contribution in [0.25, 0.3) is 0 Å². The molecule has 0 aromatic heterocycles. The number of rotatable bonds is 4. The fraction of sp³-hybridized carbons (Fsp3) is 0.882. The summed E-state index contributed by atoms with van der Waals surface area (Å²) in [5.74, 6) is 0.866. The third-order valence-electron chi connectivity index (χ3n) is 4.75. The van der Waals surface area contributed by atoms with Crippen LogP contribution >= 0.6 is 0 Å². The predicted molar refractivity (Wildman–Crippen MR) is 85.1 cm³/mol. The highest BCUT2D eigenvalue weighted by atomic mass is 16.5. The summed E-state index contributed by atoms with van der Waals surface area (Å²) in [6.07, 6.45) is 4.32. The Morgan fingerprint density at radius 1 is 1.41 bits per heavy atom. The molecule has 0 aromatic rings. The van der Waals surface area contributed by atoms with E-state index >= 15 is 0 Å². The number of ether oxygens (including phenoxy) is 1. The molecule has 0 unspecified atom stereocenters. The highest BCUT2D eigenvalue weighted by Crippen LogP contribution is 2.42. The molecule has 1 aliphatic heterocycles. The van der Waals surface area contributed by atoms with Crippen molar-refractivity contribution in [2.45, 2.75) is 71.6 Å². The zero-order valence-electron chi connectivity index (χ0n) is 14.4. The van der Waals surface area contributed by atoms with Gasteiger partial charge in [0.1, 0.15) is 11.8 Å². The van der Waals surface area contributed by atoms with E-state index in [0.717, 1.165) is 19.3 Å². The first-order valence-corrected chi connectivity index (χ1v) is 8.63. The molecule has 0 aromatic carbocycles. The molecule has 2 rings (SSSR count). The molecule has 126 valence electrons. The lowest BCUT2D eigenvalue weighted by molar-refractivity contribution is -0.162. The number of amides is 2. The summed E-state index contributed by atoms with van der Waals surface area (Å²) in [5, 5.41) is 2.95. The van der Waals surface area contributed by atoms with Crippen LogP contribution in [0.4, 0.5) is 0 Å². The van der Waals surface area contributed by atoms with Crippen LogP contribution in [-0.4, -0.2) is 41.6 Å². The molecule has 2 amide bonds. The van der Waals surface area contributed by atoms with Gasteiger partial charge in [-0.15, -0.1) is 0 Å². The largest absolute Gasteiger partial charge is 0.354 e. The van der Waals surface area contributed by atoms with Crippen molar-refractivity contribution >= 4 is 11.8 Å². The van der Waals surface area contributed by atoms with Crippen molar-refractivity contribution in [3.05, 3.63) is 0 Å². The van der Waals surface area contributed by atoms with Crippen LogP contribution in [-0.2, 0) is 14.3 Å². The van der Waals surface area contributed by atoms with E-state index in [0.29, 0.717) is 31.4 Å². The Balaban J connectivity index is 2.17. The molecule has 22 heavy (non-hydrogen) atoms. The van der Waals surface area contributed by atoms with E-state index in [2.05, 4.69) is 26.1 Å². The molecule has 1 saturated carbocycles. The van der Waals surface area contributed by atoms with Crippen molar-refractivity contribution in [2.24, 2.45) is 11.8 Å². The van der Waals surface area contributed by atoms with Crippen molar-refractivity contribution < 1.29 is 14.3 Å². The zero-order valence-corrected chi connectivity index (χ0v) is 14.4. The molecular weight excluding hydrogens is 280 g/mol. The first-order valence-electron chi connectivity index (χ1n) is 8.63. The first kappa shape index (κ1) is 17.3. The highest BCUT2D eigenvalue weighted by Gasteiger charge is 2.53. The van der Waals surface area contributed by atoms with Gasteiger partial charge in [-0.1, -0.05) is 34.1 Å². The van der Waals surface area contributed by atoms with E-state index in [9.17, 15) is 9.59 Å². The van der Waals surface area contributed by atoms with Gasteiger partial charge < -0.3 is 10.1 Å². The molecule has 1 saturated heterocycles. The SMILES string of the molecule is CCC(=O)N1[C@H](C(=O)NCC(C)C)CO[C@@]12CCC[C@H](C)C2. The average molecular weight is 310 g/mol. The second kappa shape index (κ2) is 6.99. The third-order valence-corrected chi connectivity index (χ3v) is 4.75. The number of carbonyl (C=O) groups is 2. The van der Waals surface area contributed by atoms with Gasteiger partial charge in [0.25, 0.3) is 0 Å². The van der Waals surface area contributed by atoms with E-state index in [1.807, 2.05) is 6.92 Å². The summed E-state index contributed by atoms with van der Waals surface area (Å²) in [7, 11) is 0. The van der Waals surface area contributed by atoms with Crippen LogP contribution < -0.4 is 5.32 Å². The van der Waals surface area contributed by atoms with Gasteiger partial charge in [-0.25, -0.2) is 0 Å². The van der Waals surface area contributed by atoms with Crippen molar-refractivity contribution in [1.82, 2.24) is 10.2 Å². The molecule has 0 bridgehead atoms. The minimum Gasteiger partial charge on any atom is -0.354 e. The summed E-state index contributed by atoms with van der Waals surface area (Å²) < 4.78 is 6.07. The van der Waals surface area contributed by atoms with Crippen molar-refractivity contribution in [3.63, 3.8) is 0 Å². The molecule has 0 radical (unpaired) electrons. The van der Waals surface area contributed by atoms with Crippen molar-refractivity contribution in [1.29, 1.82) is 0 Å². The van der Waals surface area contributed by atoms with E-state index in [4.69, 9.17) is 4.74 Å². The molecule has 2 aliphatic rings. The fourth-order valence-electron chi connectivity index (χ4n) is 3.67. The predicted octanol–water partition coefficient (Wildman–Crippen LogP) is 2.30. The average Bonchev–Trinajstić information content (AvgIpc) is 2.82. The van der Waals surface area contributed by atoms with Crippen LogP contribution in [0.1, 0.15) is 59.8 Å². The van der Waals surface area contributed by atoms with Gasteiger partial charge in [0.15, 0.2) is 0 Å². The Morgan fingerprint density at radius 2 is 2.14 bits per heavy atom. The Labute approximate surface area is 133 Å². The van der Waals surface area contributed by atoms with Gasteiger partial charge in [-0.2, -0.15) is 0 Å². The van der Waals surface area contributed by atoms with E-state index in [-0.39, 0.29) is 11.8 Å². The molecule has 5 heteroatoms. The lowest BCUT2D eigenvalue weighted by Crippen LogP contribution is -2.57. The summed E-state index contributed by atoms with van der Waals surface area (Å²) in [4.78, 5) is 26.8. The van der Waals surface area contributed by atoms with Gasteiger partial charge in [0.2, 0.25) is 11.8 Å². The molecule has 1 heterocycles. The van der Waals surface area contributed by atoms with Crippen LogP contribution in [0.2, 0.25) is 0 Å². The zero-order chi connectivity index (χ0) is 16.3. The molecule has 5 nitrogen and oxygen atoms in total. The smallest absolute Gasteiger partial charge is 0.245 e. The summed E-state index contributed by atoms with van der Waals surface area (Å²) in [5.41, 5.74) is -0.551. The molecule has 3 atom stereocenters. The van der Waals surface area contributed by atoms with Crippen LogP contribution in [0.5, 0.6) is 0 Å². The van der Waals surface area contributed by atoms with Crippen LogP contribution in [0, 0.1) is 11.8 Å². The Kier molecular flexibility index (Phi) is 5.48. The Morgan fingerprint density at radius 3 is 2.73 bits per heavy atom. The van der Waals surface area contributed by atoms with Gasteiger partial charge in [0.05, 0.1) is 6.61 Å². The molecular formula is C17H30N2O3. The van der Waals surface area contributed by atoms with E-state index < -0.39 is 11.8 Å². The summed E-state index contributed by atoms with van der Waals surface area (Å²) in [6.45, 7) is 9.12. The third kappa shape index (κ3) is 3.45. The van der Waals surface area contributed by atoms with Gasteiger partial charge in [0, 0.05) is 13.0 Å². The van der Waals surface area contributed by atoms with Gasteiger partial charge in [-0.05, 0) is 31.1 Å². The molecule has 2 fully saturated rings. The highest BCUT2D eigenvalue weighted by molar-refractivity contribution is 5.88. The monoisotopic (exact) mass is 310 g/mol. The number of nitrogens with one attached hydrogen (secondary N) is 1. The maximum atomic E-state index is 12.5. The molecule has 1 N–H and O–H groups in total. The van der Waals surface area contributed by atoms with Crippen molar-refractivity contribution in [3.8, 4) is 0 Å². The Hall–Kier alpha value is -1.10. The van der Waals surface area contributed by atoms with Gasteiger partial charge in [-0.3, -0.25) is 14.5 Å². The molecule has 1 aliphatic carbocycles. The minimum absolute atomic E-state index is 0.0243. The number of carbonyl (C=O) groups excluding carboxylic acids is 2. The van der Waals surface area contributed by atoms with Gasteiger partial charge >= 0.3 is 0 Å². The number of hydrogen-bond acceptors (Lipinski definition) is 3. The van der Waals surface area contributed by atoms with Crippen LogP contribution in [0.3, 0.4) is 0 Å². The normalized spacial score (nSPS) is 31.8. The summed E-state index contributed by atoms with van der Waals surface area (Å²) in [6, 6.07) is -0.475. The lowest BCUT2D eigenvalue weighted by atomic mass is 9.83. The first-order chi connectivity index (χ1) is 10.4. The Bertz CT molecular complexity index is 424. The second-order valence-corrected chi connectivity index (χ2v) is 7.23. The van der Waals surface area contributed by atoms with E-state index in [1.54, 1.807) is 4.90 Å². The minimum atomic E-state index is -0.551. The number of nitrogens with zero attached hydrogens (tertiary/aromatic N) is 1. The lowest BCUT2D eigenvalue weighted by Gasteiger charge is -2.43. The fourth-order valence-corrected chi connectivity index (χ4v) is 3.67. The van der Waals surface area contributed by atoms with E-state index in [1.165, 1.54) is 6.42 Å². The maximum Gasteiger partial charge on any atom is 0.245 e. The molecule has 1 spiro atoms. The quantitative estimate of drug-likeness (QED) is 0.867. The van der Waals surface area contributed by atoms with Crippen molar-refractivity contribution in [2.75, 3.05) is 13.2 Å². The number of hydrogen-bond donors (Lipinski definition) is 1. The maximum absolute atomic E-state index is 12.5. The standard InChI is InChI=1S/C17H30N2O3/c1-5-15(20)19-14(16(21)18-10-12(2)3)11-22-17(19)8-6-7-13(4)9-17/h12-14H,5-11H2,1-4H3,(H,18,21)/t13-,14-,17+/m0/s1. The second-order valence-electron chi connectivity index (χ2n) is 7.23. The summed E-state index contributed by atoms with van der Waals surface area (Å²) >= 11 is 0. The topological polar surface area (TPSA) is 58.6 Å². The van der Waals surface area contributed by atoms with Crippen LogP contribution in [0.15, 0.2) is 0 Å².